The lowest BCUT2D eigenvalue weighted by atomic mass is 9.96. The molecule has 0 bridgehead atoms. The first-order valence-corrected chi connectivity index (χ1v) is 11.9. The molecule has 4 aromatic rings. The lowest BCUT2D eigenvalue weighted by Gasteiger charge is -2.30. The van der Waals surface area contributed by atoms with Crippen molar-refractivity contribution < 1.29 is 18.7 Å². The van der Waals surface area contributed by atoms with Gasteiger partial charge in [-0.15, -0.1) is 11.3 Å². The molecule has 5 rings (SSSR count). The summed E-state index contributed by atoms with van der Waals surface area (Å²) in [5, 5.41) is 1.42. The summed E-state index contributed by atoms with van der Waals surface area (Å²) in [5.74, 6) is 1.89. The molecule has 0 N–H and O–H groups in total. The molecule has 10 heteroatoms. The van der Waals surface area contributed by atoms with E-state index in [1.54, 1.807) is 20.3 Å². The summed E-state index contributed by atoms with van der Waals surface area (Å²) in [7, 11) is 3.16. The molecule has 0 radical (unpaired) electrons. The number of methoxy groups -OCH3 is 2. The van der Waals surface area contributed by atoms with Crippen molar-refractivity contribution in [2.75, 3.05) is 27.3 Å². The van der Waals surface area contributed by atoms with Gasteiger partial charge in [-0.1, -0.05) is 11.6 Å². The molecule has 1 fully saturated rings. The van der Waals surface area contributed by atoms with Gasteiger partial charge in [0, 0.05) is 31.1 Å². The van der Waals surface area contributed by atoms with Crippen molar-refractivity contribution in [3.8, 4) is 5.88 Å². The first-order valence-electron chi connectivity index (χ1n) is 10.7. The van der Waals surface area contributed by atoms with E-state index >= 15 is 0 Å². The number of carbonyl (C=O) groups excluding carboxylic acids is 1. The maximum Gasteiger partial charge on any atom is 0.264 e. The van der Waals surface area contributed by atoms with Gasteiger partial charge in [-0.05, 0) is 43.5 Å². The Morgan fingerprint density at radius 2 is 2.03 bits per heavy atom. The van der Waals surface area contributed by atoms with Crippen molar-refractivity contribution in [1.29, 1.82) is 0 Å². The van der Waals surface area contributed by atoms with Crippen molar-refractivity contribution in [2.45, 2.75) is 32.3 Å². The Morgan fingerprint density at radius 3 is 2.76 bits per heavy atom. The third-order valence-corrected chi connectivity index (χ3v) is 7.37. The summed E-state index contributed by atoms with van der Waals surface area (Å²) in [5.41, 5.74) is 2.34. The number of likely N-dealkylation sites (tertiary alicyclic amines) is 1. The Kier molecular flexibility index (Phi) is 5.94. The maximum absolute atomic E-state index is 13.4. The van der Waals surface area contributed by atoms with Gasteiger partial charge in [0.1, 0.15) is 17.0 Å². The van der Waals surface area contributed by atoms with E-state index < -0.39 is 0 Å². The van der Waals surface area contributed by atoms with Gasteiger partial charge in [-0.2, -0.15) is 4.98 Å². The molecule has 0 atom stereocenters. The number of ether oxygens (including phenoxy) is 2. The third kappa shape index (κ3) is 4.05. The SMILES string of the molecule is COCc1nc(OC)c2c(C)c(C(=O)N3CCC(c4nc5cc(Cl)ccc5o4)CC3)sc2n1. The second-order valence-electron chi connectivity index (χ2n) is 8.05. The number of hydrogen-bond acceptors (Lipinski definition) is 8. The molecular weight excluding hydrogens is 464 g/mol. The minimum Gasteiger partial charge on any atom is -0.480 e. The minimum atomic E-state index is 0.00800. The Labute approximate surface area is 199 Å². The molecule has 0 saturated carbocycles. The van der Waals surface area contributed by atoms with E-state index in [0.29, 0.717) is 40.6 Å². The van der Waals surface area contributed by atoms with Crippen molar-refractivity contribution in [1.82, 2.24) is 19.9 Å². The number of carbonyl (C=O) groups is 1. The average Bonchev–Trinajstić information content (AvgIpc) is 3.39. The Bertz CT molecular complexity index is 1340. The van der Waals surface area contributed by atoms with Gasteiger partial charge < -0.3 is 18.8 Å². The smallest absolute Gasteiger partial charge is 0.264 e. The van der Waals surface area contributed by atoms with Crippen molar-refractivity contribution in [3.63, 3.8) is 0 Å². The lowest BCUT2D eigenvalue weighted by Crippen LogP contribution is -2.37. The molecule has 1 amide bonds. The molecule has 8 nitrogen and oxygen atoms in total. The number of piperidine rings is 1. The van der Waals surface area contributed by atoms with E-state index in [1.165, 1.54) is 11.3 Å². The number of rotatable bonds is 5. The van der Waals surface area contributed by atoms with Crippen LogP contribution in [0.1, 0.15) is 45.7 Å². The van der Waals surface area contributed by atoms with Crippen LogP contribution in [0.5, 0.6) is 5.88 Å². The van der Waals surface area contributed by atoms with Gasteiger partial charge in [0.05, 0.1) is 17.4 Å². The first-order chi connectivity index (χ1) is 16.0. The number of oxazole rings is 1. The van der Waals surface area contributed by atoms with E-state index in [2.05, 4.69) is 15.0 Å². The van der Waals surface area contributed by atoms with E-state index in [1.807, 2.05) is 24.0 Å². The van der Waals surface area contributed by atoms with E-state index in [0.717, 1.165) is 39.7 Å². The second kappa shape index (κ2) is 8.89. The second-order valence-corrected chi connectivity index (χ2v) is 9.48. The fourth-order valence-electron chi connectivity index (χ4n) is 4.26. The number of aromatic nitrogens is 3. The number of benzene rings is 1. The van der Waals surface area contributed by atoms with Crippen molar-refractivity contribution in [3.05, 3.63) is 45.4 Å². The lowest BCUT2D eigenvalue weighted by molar-refractivity contribution is 0.0711. The van der Waals surface area contributed by atoms with Crippen LogP contribution >= 0.6 is 22.9 Å². The average molecular weight is 487 g/mol. The number of amides is 1. The van der Waals surface area contributed by atoms with Crippen LogP contribution in [0.25, 0.3) is 21.3 Å². The molecular formula is C23H23ClN4O4S. The van der Waals surface area contributed by atoms with Gasteiger partial charge >= 0.3 is 0 Å². The van der Waals surface area contributed by atoms with Crippen LogP contribution in [-0.4, -0.2) is 53.1 Å². The van der Waals surface area contributed by atoms with E-state index in [-0.39, 0.29) is 18.4 Å². The van der Waals surface area contributed by atoms with Gasteiger partial charge in [-0.25, -0.2) is 9.97 Å². The van der Waals surface area contributed by atoms with Crippen LogP contribution in [0.4, 0.5) is 0 Å². The van der Waals surface area contributed by atoms with Crippen LogP contribution < -0.4 is 4.74 Å². The van der Waals surface area contributed by atoms with Gasteiger partial charge in [0.2, 0.25) is 5.88 Å². The molecule has 0 spiro atoms. The fourth-order valence-corrected chi connectivity index (χ4v) is 5.58. The highest BCUT2D eigenvalue weighted by molar-refractivity contribution is 7.20. The Balaban J connectivity index is 1.35. The molecule has 33 heavy (non-hydrogen) atoms. The summed E-state index contributed by atoms with van der Waals surface area (Å²) in [6.45, 7) is 3.47. The van der Waals surface area contributed by atoms with Crippen molar-refractivity contribution >= 4 is 50.2 Å². The largest absolute Gasteiger partial charge is 0.480 e. The van der Waals surface area contributed by atoms with Crippen LogP contribution in [0, 0.1) is 6.92 Å². The number of nitrogens with zero attached hydrogens (tertiary/aromatic N) is 4. The molecule has 1 saturated heterocycles. The first kappa shape index (κ1) is 22.1. The van der Waals surface area contributed by atoms with Crippen LogP contribution in [-0.2, 0) is 11.3 Å². The summed E-state index contributed by atoms with van der Waals surface area (Å²) in [4.78, 5) is 30.3. The standard InChI is InChI=1S/C23H23ClN4O4S/c1-12-18-21(31-3)26-17(11-30-2)27-22(18)33-19(12)23(29)28-8-6-13(7-9-28)20-25-15-10-14(24)4-5-16(15)32-20/h4-5,10,13H,6-9,11H2,1-3H3. The molecule has 1 aromatic carbocycles. The molecule has 4 heterocycles. The summed E-state index contributed by atoms with van der Waals surface area (Å²) in [6, 6.07) is 5.44. The quantitative estimate of drug-likeness (QED) is 0.393. The van der Waals surface area contributed by atoms with Crippen molar-refractivity contribution in [2.24, 2.45) is 0 Å². The zero-order chi connectivity index (χ0) is 23.1. The molecule has 3 aromatic heterocycles. The number of aryl methyl sites for hydroxylation is 1. The number of fused-ring (bicyclic) bond motifs is 2. The monoisotopic (exact) mass is 486 g/mol. The Hall–Kier alpha value is -2.75. The zero-order valence-corrected chi connectivity index (χ0v) is 20.1. The molecule has 1 aliphatic heterocycles. The molecule has 0 aliphatic carbocycles. The summed E-state index contributed by atoms with van der Waals surface area (Å²) >= 11 is 7.44. The Morgan fingerprint density at radius 1 is 1.24 bits per heavy atom. The van der Waals surface area contributed by atoms with Gasteiger partial charge in [0.15, 0.2) is 17.3 Å². The molecule has 0 unspecified atom stereocenters. The highest BCUT2D eigenvalue weighted by atomic mass is 35.5. The number of thiophene rings is 1. The zero-order valence-electron chi connectivity index (χ0n) is 18.6. The number of halogens is 1. The normalized spacial score (nSPS) is 15.0. The van der Waals surface area contributed by atoms with E-state index in [9.17, 15) is 4.79 Å². The van der Waals surface area contributed by atoms with Crippen LogP contribution in [0.2, 0.25) is 5.02 Å². The van der Waals surface area contributed by atoms with Gasteiger partial charge in [0.25, 0.3) is 5.91 Å². The topological polar surface area (TPSA) is 90.6 Å². The van der Waals surface area contributed by atoms with Crippen LogP contribution in [0.3, 0.4) is 0 Å². The minimum absolute atomic E-state index is 0.00800. The molecule has 172 valence electrons. The molecule has 1 aliphatic rings. The third-order valence-electron chi connectivity index (χ3n) is 5.96. The fraction of sp³-hybridized carbons (Fsp3) is 0.391. The maximum atomic E-state index is 13.4. The highest BCUT2D eigenvalue weighted by Gasteiger charge is 2.30. The summed E-state index contributed by atoms with van der Waals surface area (Å²) in [6.07, 6.45) is 1.58. The van der Waals surface area contributed by atoms with Crippen LogP contribution in [0.15, 0.2) is 22.6 Å². The summed E-state index contributed by atoms with van der Waals surface area (Å²) < 4.78 is 16.6. The van der Waals surface area contributed by atoms with E-state index in [4.69, 9.17) is 25.5 Å². The highest BCUT2D eigenvalue weighted by Crippen LogP contribution is 2.37. The predicted molar refractivity (Wildman–Crippen MR) is 126 cm³/mol. The van der Waals surface area contributed by atoms with Gasteiger partial charge in [-0.3, -0.25) is 4.79 Å². The predicted octanol–water partition coefficient (Wildman–Crippen LogP) is 4.97. The number of hydrogen-bond donors (Lipinski definition) is 0.